The zero-order chi connectivity index (χ0) is 11.5. The van der Waals surface area contributed by atoms with E-state index in [4.69, 9.17) is 0 Å². The van der Waals surface area contributed by atoms with E-state index in [0.29, 0.717) is 19.1 Å². The van der Waals surface area contributed by atoms with E-state index in [9.17, 15) is 13.2 Å². The molecule has 1 aliphatic rings. The van der Waals surface area contributed by atoms with Crippen molar-refractivity contribution in [2.24, 2.45) is 0 Å². The van der Waals surface area contributed by atoms with E-state index < -0.39 is 12.7 Å². The van der Waals surface area contributed by atoms with Crippen LogP contribution in [-0.4, -0.2) is 43.8 Å². The van der Waals surface area contributed by atoms with Crippen LogP contribution in [0.5, 0.6) is 0 Å². The summed E-state index contributed by atoms with van der Waals surface area (Å²) in [6, 6.07) is 0.565. The molecule has 2 nitrogen and oxygen atoms in total. The summed E-state index contributed by atoms with van der Waals surface area (Å²) < 4.78 is 36.0. The molecule has 1 rings (SSSR count). The van der Waals surface area contributed by atoms with Crippen LogP contribution in [0.3, 0.4) is 0 Å². The van der Waals surface area contributed by atoms with E-state index in [2.05, 4.69) is 11.9 Å². The number of hydrogen-bond donors (Lipinski definition) is 1. The largest absolute Gasteiger partial charge is 0.401 e. The number of nitrogens with zero attached hydrogens (tertiary/aromatic N) is 1. The molecule has 1 fully saturated rings. The van der Waals surface area contributed by atoms with Crippen LogP contribution in [-0.2, 0) is 0 Å². The van der Waals surface area contributed by atoms with Crippen LogP contribution >= 0.6 is 0 Å². The maximum atomic E-state index is 12.0. The maximum absolute atomic E-state index is 12.0. The molecule has 0 spiro atoms. The van der Waals surface area contributed by atoms with Gasteiger partial charge in [-0.1, -0.05) is 6.58 Å². The fourth-order valence-corrected chi connectivity index (χ4v) is 1.38. The smallest absolute Gasteiger partial charge is 0.310 e. The summed E-state index contributed by atoms with van der Waals surface area (Å²) in [5.74, 6) is 0. The second kappa shape index (κ2) is 4.99. The third-order valence-electron chi connectivity index (χ3n) is 2.16. The third-order valence-corrected chi connectivity index (χ3v) is 2.16. The molecule has 0 unspecified atom stereocenters. The SMILES string of the molecule is C=C(CNC1CC1)CN(C)CC(F)(F)F. The summed E-state index contributed by atoms with van der Waals surface area (Å²) >= 11 is 0. The van der Waals surface area contributed by atoms with Crippen LogP contribution in [0.1, 0.15) is 12.8 Å². The number of halogens is 3. The van der Waals surface area contributed by atoms with Crippen LogP contribution in [0.15, 0.2) is 12.2 Å². The van der Waals surface area contributed by atoms with Crippen LogP contribution < -0.4 is 5.32 Å². The first-order chi connectivity index (χ1) is 6.87. The van der Waals surface area contributed by atoms with Crippen molar-refractivity contribution in [1.29, 1.82) is 0 Å². The topological polar surface area (TPSA) is 15.3 Å². The standard InChI is InChI=1S/C10H17F3N2/c1-8(5-14-9-3-4-9)6-15(2)7-10(11,12)13/h9,14H,1,3-7H2,2H3. The highest BCUT2D eigenvalue weighted by Crippen LogP contribution is 2.19. The van der Waals surface area contributed by atoms with Gasteiger partial charge in [0.05, 0.1) is 6.54 Å². The Morgan fingerprint density at radius 1 is 1.47 bits per heavy atom. The van der Waals surface area contributed by atoms with E-state index in [0.717, 1.165) is 5.57 Å². The molecule has 1 N–H and O–H groups in total. The Kier molecular flexibility index (Phi) is 4.16. The average Bonchev–Trinajstić information content (AvgIpc) is 2.79. The molecule has 0 amide bonds. The highest BCUT2D eigenvalue weighted by Gasteiger charge is 2.29. The second-order valence-corrected chi connectivity index (χ2v) is 4.19. The molecule has 5 heteroatoms. The first-order valence-electron chi connectivity index (χ1n) is 5.02. The molecule has 0 aromatic carbocycles. The Labute approximate surface area is 88.1 Å². The lowest BCUT2D eigenvalue weighted by atomic mass is 10.3. The van der Waals surface area contributed by atoms with Gasteiger partial charge in [-0.3, -0.25) is 4.90 Å². The van der Waals surface area contributed by atoms with Gasteiger partial charge in [0.25, 0.3) is 0 Å². The van der Waals surface area contributed by atoms with E-state index in [-0.39, 0.29) is 0 Å². The maximum Gasteiger partial charge on any atom is 0.401 e. The molecule has 1 aliphatic carbocycles. The first-order valence-corrected chi connectivity index (χ1v) is 5.02. The Morgan fingerprint density at radius 2 is 2.07 bits per heavy atom. The predicted octanol–water partition coefficient (Wildman–Crippen LogP) is 1.79. The molecule has 0 aromatic heterocycles. The number of likely N-dealkylation sites (N-methyl/N-ethyl adjacent to an activating group) is 1. The van der Waals surface area contributed by atoms with Gasteiger partial charge in [0, 0.05) is 19.1 Å². The molecule has 0 bridgehead atoms. The summed E-state index contributed by atoms with van der Waals surface area (Å²) in [6.07, 6.45) is -1.78. The molecular formula is C10H17F3N2. The highest BCUT2D eigenvalue weighted by molar-refractivity contribution is 5.01. The summed E-state index contributed by atoms with van der Waals surface area (Å²) in [7, 11) is 1.45. The monoisotopic (exact) mass is 222 g/mol. The number of rotatable bonds is 6. The quantitative estimate of drug-likeness (QED) is 0.689. The fourth-order valence-electron chi connectivity index (χ4n) is 1.38. The van der Waals surface area contributed by atoms with Gasteiger partial charge in [-0.25, -0.2) is 0 Å². The minimum absolute atomic E-state index is 0.291. The van der Waals surface area contributed by atoms with E-state index in [1.165, 1.54) is 24.8 Å². The van der Waals surface area contributed by atoms with Gasteiger partial charge >= 0.3 is 6.18 Å². The van der Waals surface area contributed by atoms with Crippen molar-refractivity contribution in [3.8, 4) is 0 Å². The van der Waals surface area contributed by atoms with E-state index in [1.54, 1.807) is 0 Å². The summed E-state index contributed by atoms with van der Waals surface area (Å²) in [6.45, 7) is 3.78. The Morgan fingerprint density at radius 3 is 2.53 bits per heavy atom. The van der Waals surface area contributed by atoms with E-state index in [1.807, 2.05) is 0 Å². The minimum Gasteiger partial charge on any atom is -0.310 e. The third kappa shape index (κ3) is 6.52. The Hall–Kier alpha value is -0.550. The molecule has 0 aliphatic heterocycles. The number of nitrogens with one attached hydrogen (secondary N) is 1. The molecule has 0 radical (unpaired) electrons. The fraction of sp³-hybridized carbons (Fsp3) is 0.800. The zero-order valence-corrected chi connectivity index (χ0v) is 8.90. The van der Waals surface area contributed by atoms with Crippen molar-refractivity contribution in [3.63, 3.8) is 0 Å². The van der Waals surface area contributed by atoms with Gasteiger partial charge in [-0.2, -0.15) is 13.2 Å². The molecule has 1 saturated carbocycles. The van der Waals surface area contributed by atoms with Gasteiger partial charge in [0.1, 0.15) is 0 Å². The van der Waals surface area contributed by atoms with Crippen molar-refractivity contribution in [2.75, 3.05) is 26.7 Å². The lowest BCUT2D eigenvalue weighted by Gasteiger charge is -2.19. The zero-order valence-electron chi connectivity index (χ0n) is 8.90. The molecule has 88 valence electrons. The van der Waals surface area contributed by atoms with Crippen molar-refractivity contribution in [3.05, 3.63) is 12.2 Å². The first kappa shape index (κ1) is 12.5. The lowest BCUT2D eigenvalue weighted by molar-refractivity contribution is -0.142. The normalized spacial score (nSPS) is 17.1. The van der Waals surface area contributed by atoms with Gasteiger partial charge in [0.15, 0.2) is 0 Å². The summed E-state index contributed by atoms with van der Waals surface area (Å²) in [5, 5.41) is 3.22. The van der Waals surface area contributed by atoms with Gasteiger partial charge in [-0.15, -0.1) is 0 Å². The Bertz CT molecular complexity index is 221. The average molecular weight is 222 g/mol. The van der Waals surface area contributed by atoms with Gasteiger partial charge in [-0.05, 0) is 25.5 Å². The molecule has 0 atom stereocenters. The van der Waals surface area contributed by atoms with Crippen molar-refractivity contribution >= 4 is 0 Å². The van der Waals surface area contributed by atoms with Crippen molar-refractivity contribution in [2.45, 2.75) is 25.1 Å². The van der Waals surface area contributed by atoms with Gasteiger partial charge < -0.3 is 5.32 Å². The van der Waals surface area contributed by atoms with Gasteiger partial charge in [0.2, 0.25) is 0 Å². The summed E-state index contributed by atoms with van der Waals surface area (Å²) in [4.78, 5) is 1.23. The second-order valence-electron chi connectivity index (χ2n) is 4.19. The van der Waals surface area contributed by atoms with Crippen LogP contribution in [0.4, 0.5) is 13.2 Å². The molecule has 15 heavy (non-hydrogen) atoms. The molecule has 0 saturated heterocycles. The number of hydrogen-bond acceptors (Lipinski definition) is 2. The summed E-state index contributed by atoms with van der Waals surface area (Å²) in [5.41, 5.74) is 0.800. The Balaban J connectivity index is 2.12. The van der Waals surface area contributed by atoms with Crippen LogP contribution in [0.25, 0.3) is 0 Å². The predicted molar refractivity (Wildman–Crippen MR) is 53.7 cm³/mol. The molecular weight excluding hydrogens is 205 g/mol. The minimum atomic E-state index is -4.13. The molecule has 0 heterocycles. The van der Waals surface area contributed by atoms with Crippen molar-refractivity contribution < 1.29 is 13.2 Å². The van der Waals surface area contributed by atoms with Crippen LogP contribution in [0.2, 0.25) is 0 Å². The van der Waals surface area contributed by atoms with Crippen LogP contribution in [0, 0.1) is 0 Å². The highest BCUT2D eigenvalue weighted by atomic mass is 19.4. The van der Waals surface area contributed by atoms with E-state index >= 15 is 0 Å². The number of alkyl halides is 3. The molecule has 0 aromatic rings. The van der Waals surface area contributed by atoms with Crippen molar-refractivity contribution in [1.82, 2.24) is 10.2 Å². The lowest BCUT2D eigenvalue weighted by Crippen LogP contribution is -2.34.